The van der Waals surface area contributed by atoms with E-state index in [0.29, 0.717) is 6.54 Å². The number of nitrogens with zero attached hydrogens (tertiary/aromatic N) is 1. The summed E-state index contributed by atoms with van der Waals surface area (Å²) in [4.78, 5) is 14.9. The average Bonchev–Trinajstić information content (AvgIpc) is 2.90. The van der Waals surface area contributed by atoms with E-state index in [2.05, 4.69) is 34.5 Å². The Morgan fingerprint density at radius 2 is 1.33 bits per heavy atom. The van der Waals surface area contributed by atoms with Crippen molar-refractivity contribution >= 4 is 5.91 Å². The lowest BCUT2D eigenvalue weighted by Crippen LogP contribution is -2.39. The first-order valence-corrected chi connectivity index (χ1v) is 8.94. The highest BCUT2D eigenvalue weighted by molar-refractivity contribution is 5.79. The van der Waals surface area contributed by atoms with Crippen molar-refractivity contribution in [3.63, 3.8) is 0 Å². The van der Waals surface area contributed by atoms with Crippen LogP contribution in [0, 0.1) is 0 Å². The van der Waals surface area contributed by atoms with Gasteiger partial charge in [-0.05, 0) is 37.1 Å². The molecule has 1 amide bonds. The van der Waals surface area contributed by atoms with E-state index in [1.165, 1.54) is 25.7 Å². The molecule has 0 atom stereocenters. The first kappa shape index (κ1) is 16.7. The Balaban J connectivity index is 1.71. The van der Waals surface area contributed by atoms with Crippen LogP contribution >= 0.6 is 0 Å². The van der Waals surface area contributed by atoms with Crippen LogP contribution in [-0.4, -0.2) is 30.4 Å². The third-order valence-corrected chi connectivity index (χ3v) is 4.64. The lowest BCUT2D eigenvalue weighted by Gasteiger charge is -2.23. The highest BCUT2D eigenvalue weighted by Gasteiger charge is 2.19. The molecule has 3 rings (SSSR count). The van der Waals surface area contributed by atoms with Gasteiger partial charge in [-0.15, -0.1) is 0 Å². The van der Waals surface area contributed by atoms with E-state index >= 15 is 0 Å². The van der Waals surface area contributed by atoms with E-state index < -0.39 is 0 Å². The summed E-state index contributed by atoms with van der Waals surface area (Å²) < 4.78 is 0. The van der Waals surface area contributed by atoms with Crippen LogP contribution in [0.4, 0.5) is 0 Å². The number of hydrogen-bond acceptors (Lipinski definition) is 2. The van der Waals surface area contributed by atoms with Gasteiger partial charge in [-0.3, -0.25) is 9.69 Å². The van der Waals surface area contributed by atoms with Gasteiger partial charge in [0.2, 0.25) is 5.91 Å². The van der Waals surface area contributed by atoms with Crippen LogP contribution in [0.3, 0.4) is 0 Å². The molecule has 0 aliphatic carbocycles. The van der Waals surface area contributed by atoms with Crippen LogP contribution in [-0.2, 0) is 4.79 Å². The van der Waals surface area contributed by atoms with E-state index in [0.717, 1.165) is 24.2 Å². The molecule has 1 saturated heterocycles. The molecule has 24 heavy (non-hydrogen) atoms. The molecule has 0 aromatic heterocycles. The maximum absolute atomic E-state index is 12.6. The van der Waals surface area contributed by atoms with Crippen molar-refractivity contribution in [3.05, 3.63) is 71.8 Å². The highest BCUT2D eigenvalue weighted by Crippen LogP contribution is 2.21. The van der Waals surface area contributed by atoms with E-state index in [-0.39, 0.29) is 11.9 Å². The summed E-state index contributed by atoms with van der Waals surface area (Å²) in [5.41, 5.74) is 2.24. The average molecular weight is 322 g/mol. The van der Waals surface area contributed by atoms with Gasteiger partial charge in [-0.25, -0.2) is 0 Å². The van der Waals surface area contributed by atoms with E-state index in [1.54, 1.807) is 0 Å². The molecule has 2 aromatic rings. The molecule has 2 aromatic carbocycles. The molecule has 1 aliphatic rings. The van der Waals surface area contributed by atoms with Crippen molar-refractivity contribution < 1.29 is 4.79 Å². The van der Waals surface area contributed by atoms with Crippen LogP contribution in [0.5, 0.6) is 0 Å². The van der Waals surface area contributed by atoms with Crippen molar-refractivity contribution in [1.82, 2.24) is 10.2 Å². The Bertz CT molecular complexity index is 579. The Hall–Kier alpha value is -2.13. The third-order valence-electron chi connectivity index (χ3n) is 4.64. The number of hydrogen-bond donors (Lipinski definition) is 1. The summed E-state index contributed by atoms with van der Waals surface area (Å²) >= 11 is 0. The zero-order valence-electron chi connectivity index (χ0n) is 14.2. The topological polar surface area (TPSA) is 32.3 Å². The Kier molecular flexibility index (Phi) is 6.02. The van der Waals surface area contributed by atoms with Gasteiger partial charge in [0.15, 0.2) is 0 Å². The van der Waals surface area contributed by atoms with Crippen molar-refractivity contribution in [3.8, 4) is 0 Å². The lowest BCUT2D eigenvalue weighted by atomic mass is 9.99. The summed E-state index contributed by atoms with van der Waals surface area (Å²) in [6.07, 6.45) is 4.98. The van der Waals surface area contributed by atoms with Crippen molar-refractivity contribution in [2.75, 3.05) is 19.6 Å². The summed E-state index contributed by atoms with van der Waals surface area (Å²) in [5.74, 6) is 0.106. The largest absolute Gasteiger partial charge is 0.344 e. The Morgan fingerprint density at radius 3 is 1.83 bits per heavy atom. The van der Waals surface area contributed by atoms with E-state index in [4.69, 9.17) is 0 Å². The van der Waals surface area contributed by atoms with Gasteiger partial charge in [0.1, 0.15) is 0 Å². The molecule has 1 heterocycles. The fraction of sp³-hybridized carbons (Fsp3) is 0.381. The number of likely N-dealkylation sites (tertiary alicyclic amines) is 1. The summed E-state index contributed by atoms with van der Waals surface area (Å²) in [5, 5.41) is 3.24. The molecule has 1 fully saturated rings. The molecule has 0 unspecified atom stereocenters. The normalized spacial score (nSPS) is 15.9. The highest BCUT2D eigenvalue weighted by atomic mass is 16.2. The standard InChI is InChI=1S/C21H26N2O/c24-20(17-23-15-9-1-2-10-16-23)22-21(18-11-5-3-6-12-18)19-13-7-4-8-14-19/h3-8,11-14,21H,1-2,9-10,15-17H2,(H,22,24). The molecular weight excluding hydrogens is 296 g/mol. The molecule has 0 spiro atoms. The molecule has 1 N–H and O–H groups in total. The summed E-state index contributed by atoms with van der Waals surface area (Å²) in [6, 6.07) is 20.3. The van der Waals surface area contributed by atoms with Gasteiger partial charge in [-0.1, -0.05) is 73.5 Å². The Morgan fingerprint density at radius 1 is 0.833 bits per heavy atom. The van der Waals surface area contributed by atoms with Crippen LogP contribution in [0.1, 0.15) is 42.9 Å². The zero-order chi connectivity index (χ0) is 16.6. The van der Waals surface area contributed by atoms with Crippen LogP contribution in [0.25, 0.3) is 0 Å². The third kappa shape index (κ3) is 4.68. The predicted octanol–water partition coefficient (Wildman–Crippen LogP) is 3.77. The number of rotatable bonds is 5. The molecule has 1 aliphatic heterocycles. The molecule has 3 nitrogen and oxygen atoms in total. The fourth-order valence-electron chi connectivity index (χ4n) is 3.35. The minimum Gasteiger partial charge on any atom is -0.344 e. The van der Waals surface area contributed by atoms with Crippen LogP contribution < -0.4 is 5.32 Å². The first-order chi connectivity index (χ1) is 11.8. The van der Waals surface area contributed by atoms with Gasteiger partial charge in [0.25, 0.3) is 0 Å². The van der Waals surface area contributed by atoms with Crippen LogP contribution in [0.2, 0.25) is 0 Å². The molecular formula is C21H26N2O. The number of benzene rings is 2. The Labute approximate surface area is 144 Å². The second kappa shape index (κ2) is 8.65. The molecule has 0 bridgehead atoms. The molecule has 3 heteroatoms. The smallest absolute Gasteiger partial charge is 0.234 e. The second-order valence-corrected chi connectivity index (χ2v) is 6.51. The second-order valence-electron chi connectivity index (χ2n) is 6.51. The monoisotopic (exact) mass is 322 g/mol. The number of carbonyl (C=O) groups is 1. The quantitative estimate of drug-likeness (QED) is 0.909. The molecule has 0 radical (unpaired) electrons. The maximum atomic E-state index is 12.6. The fourth-order valence-corrected chi connectivity index (χ4v) is 3.35. The van der Waals surface area contributed by atoms with E-state index in [1.807, 2.05) is 36.4 Å². The minimum atomic E-state index is -0.0909. The van der Waals surface area contributed by atoms with Gasteiger partial charge in [0, 0.05) is 0 Å². The number of nitrogens with one attached hydrogen (secondary N) is 1. The van der Waals surface area contributed by atoms with Crippen molar-refractivity contribution in [1.29, 1.82) is 0 Å². The van der Waals surface area contributed by atoms with Gasteiger partial charge < -0.3 is 5.32 Å². The molecule has 0 saturated carbocycles. The zero-order valence-corrected chi connectivity index (χ0v) is 14.2. The first-order valence-electron chi connectivity index (χ1n) is 8.94. The SMILES string of the molecule is O=C(CN1CCCCCC1)NC(c1ccccc1)c1ccccc1. The number of carbonyl (C=O) groups excluding carboxylic acids is 1. The lowest BCUT2D eigenvalue weighted by molar-refractivity contribution is -0.122. The minimum absolute atomic E-state index is 0.0909. The van der Waals surface area contributed by atoms with Crippen LogP contribution in [0.15, 0.2) is 60.7 Å². The predicted molar refractivity (Wildman–Crippen MR) is 97.8 cm³/mol. The van der Waals surface area contributed by atoms with Crippen molar-refractivity contribution in [2.24, 2.45) is 0 Å². The van der Waals surface area contributed by atoms with E-state index in [9.17, 15) is 4.79 Å². The van der Waals surface area contributed by atoms with Gasteiger partial charge in [0.05, 0.1) is 12.6 Å². The van der Waals surface area contributed by atoms with Gasteiger partial charge in [-0.2, -0.15) is 0 Å². The summed E-state index contributed by atoms with van der Waals surface area (Å²) in [7, 11) is 0. The summed E-state index contributed by atoms with van der Waals surface area (Å²) in [6.45, 7) is 2.57. The van der Waals surface area contributed by atoms with Gasteiger partial charge >= 0.3 is 0 Å². The molecule has 126 valence electrons. The number of amides is 1. The van der Waals surface area contributed by atoms with Crippen molar-refractivity contribution in [2.45, 2.75) is 31.7 Å². The maximum Gasteiger partial charge on any atom is 0.234 e.